The molecule has 0 saturated heterocycles. The first kappa shape index (κ1) is 10.6. The number of ether oxygens (including phenoxy) is 1. The zero-order valence-corrected chi connectivity index (χ0v) is 7.84. The van der Waals surface area contributed by atoms with Gasteiger partial charge in [0.1, 0.15) is 0 Å². The van der Waals surface area contributed by atoms with Gasteiger partial charge in [-0.25, -0.2) is 0 Å². The first-order chi connectivity index (χ1) is 6.66. The van der Waals surface area contributed by atoms with Crippen molar-refractivity contribution in [2.24, 2.45) is 5.73 Å². The van der Waals surface area contributed by atoms with Gasteiger partial charge in [-0.2, -0.15) is 0 Å². The van der Waals surface area contributed by atoms with Crippen LogP contribution in [-0.2, 0) is 11.3 Å². The van der Waals surface area contributed by atoms with Crippen LogP contribution in [0.3, 0.4) is 0 Å². The average Bonchev–Trinajstić information content (AvgIpc) is 2.18. The molecule has 5 nitrogen and oxygen atoms in total. The van der Waals surface area contributed by atoms with E-state index in [0.29, 0.717) is 12.2 Å². The summed E-state index contributed by atoms with van der Waals surface area (Å²) in [7, 11) is 1.54. The highest BCUT2D eigenvalue weighted by atomic mass is 16.6. The third kappa shape index (κ3) is 2.27. The minimum absolute atomic E-state index is 0.331. The lowest BCUT2D eigenvalue weighted by molar-refractivity contribution is -0.528. The number of hydrogen-bond donors (Lipinski definition) is 1. The third-order valence-electron chi connectivity index (χ3n) is 1.90. The van der Waals surface area contributed by atoms with Crippen LogP contribution >= 0.6 is 0 Å². The van der Waals surface area contributed by atoms with E-state index in [1.54, 1.807) is 24.3 Å². The summed E-state index contributed by atoms with van der Waals surface area (Å²) in [5.74, 6) is 0. The Morgan fingerprint density at radius 3 is 2.79 bits per heavy atom. The molecule has 1 rings (SSSR count). The fourth-order valence-corrected chi connectivity index (χ4v) is 1.22. The fraction of sp³-hybridized carbons (Fsp3) is 0.333. The van der Waals surface area contributed by atoms with Gasteiger partial charge in [0, 0.05) is 17.6 Å². The van der Waals surface area contributed by atoms with Gasteiger partial charge < -0.3 is 4.74 Å². The van der Waals surface area contributed by atoms with Crippen molar-refractivity contribution in [3.05, 3.63) is 45.5 Å². The molecule has 1 atom stereocenters. The number of rotatable bonds is 4. The molecule has 0 aliphatic heterocycles. The van der Waals surface area contributed by atoms with Gasteiger partial charge in [0.25, 0.3) is 6.17 Å². The zero-order chi connectivity index (χ0) is 10.6. The van der Waals surface area contributed by atoms with E-state index in [4.69, 9.17) is 10.5 Å². The largest absolute Gasteiger partial charge is 0.380 e. The van der Waals surface area contributed by atoms with Crippen molar-refractivity contribution in [3.63, 3.8) is 0 Å². The normalized spacial score (nSPS) is 12.4. The Kier molecular flexibility index (Phi) is 3.55. The van der Waals surface area contributed by atoms with Gasteiger partial charge in [0.2, 0.25) is 0 Å². The number of nitrogens with two attached hydrogens (primary N) is 1. The van der Waals surface area contributed by atoms with Gasteiger partial charge in [-0.05, 0) is 5.56 Å². The number of benzene rings is 1. The Balaban J connectivity index is 3.00. The van der Waals surface area contributed by atoms with Crippen molar-refractivity contribution in [1.82, 2.24) is 0 Å². The Morgan fingerprint density at radius 2 is 2.21 bits per heavy atom. The van der Waals surface area contributed by atoms with Crippen LogP contribution in [0.1, 0.15) is 17.3 Å². The van der Waals surface area contributed by atoms with Gasteiger partial charge >= 0.3 is 0 Å². The average molecular weight is 196 g/mol. The Labute approximate surface area is 81.6 Å². The smallest absolute Gasteiger partial charge is 0.289 e. The van der Waals surface area contributed by atoms with E-state index in [1.165, 1.54) is 7.11 Å². The van der Waals surface area contributed by atoms with Crippen LogP contribution in [0.2, 0.25) is 0 Å². The molecule has 5 heteroatoms. The summed E-state index contributed by atoms with van der Waals surface area (Å²) in [5, 5.41) is 10.5. The molecule has 1 unspecified atom stereocenters. The van der Waals surface area contributed by atoms with E-state index in [0.717, 1.165) is 5.56 Å². The fourth-order valence-electron chi connectivity index (χ4n) is 1.22. The second-order valence-corrected chi connectivity index (χ2v) is 2.86. The summed E-state index contributed by atoms with van der Waals surface area (Å²) in [6.07, 6.45) is -1.18. The van der Waals surface area contributed by atoms with Crippen molar-refractivity contribution in [2.75, 3.05) is 7.11 Å². The summed E-state index contributed by atoms with van der Waals surface area (Å²) < 4.78 is 4.92. The second kappa shape index (κ2) is 4.69. The minimum atomic E-state index is -1.18. The van der Waals surface area contributed by atoms with Crippen molar-refractivity contribution < 1.29 is 9.66 Å². The molecule has 0 heterocycles. The van der Waals surface area contributed by atoms with Crippen LogP contribution in [0.5, 0.6) is 0 Å². The number of hydrogen-bond acceptors (Lipinski definition) is 4. The molecule has 14 heavy (non-hydrogen) atoms. The standard InChI is InChI=1S/C9H12N2O3/c1-14-6-7-4-2-3-5-8(7)9(10)11(12)13/h2-5,9H,6,10H2,1H3. The van der Waals surface area contributed by atoms with Crippen molar-refractivity contribution in [2.45, 2.75) is 12.8 Å². The molecule has 1 aromatic rings. The first-order valence-electron chi connectivity index (χ1n) is 4.12. The predicted molar refractivity (Wildman–Crippen MR) is 51.1 cm³/mol. The molecule has 0 aliphatic rings. The van der Waals surface area contributed by atoms with Crippen molar-refractivity contribution >= 4 is 0 Å². The number of methoxy groups -OCH3 is 1. The zero-order valence-electron chi connectivity index (χ0n) is 7.84. The van der Waals surface area contributed by atoms with Crippen LogP contribution in [0.15, 0.2) is 24.3 Å². The molecule has 1 aromatic carbocycles. The van der Waals surface area contributed by atoms with E-state index in [1.807, 2.05) is 0 Å². The lowest BCUT2D eigenvalue weighted by Crippen LogP contribution is -2.21. The molecule has 0 amide bonds. The van der Waals surface area contributed by atoms with Gasteiger partial charge in [-0.3, -0.25) is 15.8 Å². The Hall–Kier alpha value is -1.46. The summed E-state index contributed by atoms with van der Waals surface area (Å²) in [5.41, 5.74) is 6.66. The SMILES string of the molecule is COCc1ccccc1C(N)[N+](=O)[O-]. The highest BCUT2D eigenvalue weighted by Crippen LogP contribution is 2.16. The molecule has 2 N–H and O–H groups in total. The second-order valence-electron chi connectivity index (χ2n) is 2.86. The minimum Gasteiger partial charge on any atom is -0.380 e. The van der Waals surface area contributed by atoms with Gasteiger partial charge in [-0.15, -0.1) is 0 Å². The summed E-state index contributed by atoms with van der Waals surface area (Å²) in [6, 6.07) is 6.92. The van der Waals surface area contributed by atoms with E-state index in [2.05, 4.69) is 0 Å². The van der Waals surface area contributed by atoms with E-state index in [-0.39, 0.29) is 0 Å². The first-order valence-corrected chi connectivity index (χ1v) is 4.12. The van der Waals surface area contributed by atoms with Crippen LogP contribution < -0.4 is 5.73 Å². The molecule has 76 valence electrons. The van der Waals surface area contributed by atoms with Crippen molar-refractivity contribution in [1.29, 1.82) is 0 Å². The maximum absolute atomic E-state index is 10.5. The monoisotopic (exact) mass is 196 g/mol. The molecule has 0 bridgehead atoms. The summed E-state index contributed by atoms with van der Waals surface area (Å²) in [6.45, 7) is 0.331. The van der Waals surface area contributed by atoms with Crippen LogP contribution in [0.25, 0.3) is 0 Å². The Bertz CT molecular complexity index is 328. The van der Waals surface area contributed by atoms with Crippen LogP contribution in [0, 0.1) is 10.1 Å². The number of nitrogens with zero attached hydrogens (tertiary/aromatic N) is 1. The molecule has 0 spiro atoms. The van der Waals surface area contributed by atoms with Gasteiger partial charge in [0.05, 0.1) is 6.61 Å². The molecule has 0 aromatic heterocycles. The van der Waals surface area contributed by atoms with E-state index in [9.17, 15) is 10.1 Å². The quantitative estimate of drug-likeness (QED) is 0.443. The number of nitro groups is 1. The highest BCUT2D eigenvalue weighted by Gasteiger charge is 2.19. The third-order valence-corrected chi connectivity index (χ3v) is 1.90. The summed E-state index contributed by atoms with van der Waals surface area (Å²) >= 11 is 0. The molecule has 0 saturated carbocycles. The lowest BCUT2D eigenvalue weighted by Gasteiger charge is -2.09. The topological polar surface area (TPSA) is 78.4 Å². The lowest BCUT2D eigenvalue weighted by atomic mass is 10.1. The maximum Gasteiger partial charge on any atom is 0.289 e. The van der Waals surface area contributed by atoms with Crippen LogP contribution in [-0.4, -0.2) is 12.0 Å². The van der Waals surface area contributed by atoms with E-state index < -0.39 is 11.1 Å². The molecule has 0 radical (unpaired) electrons. The Morgan fingerprint density at radius 1 is 1.57 bits per heavy atom. The van der Waals surface area contributed by atoms with Gasteiger partial charge in [-0.1, -0.05) is 24.3 Å². The predicted octanol–water partition coefficient (Wildman–Crippen LogP) is 1.07. The molecule has 0 aliphatic carbocycles. The summed E-state index contributed by atoms with van der Waals surface area (Å²) in [4.78, 5) is 9.98. The molecule has 0 fully saturated rings. The molecular formula is C9H12N2O3. The highest BCUT2D eigenvalue weighted by molar-refractivity contribution is 5.27. The maximum atomic E-state index is 10.5. The molecular weight excluding hydrogens is 184 g/mol. The van der Waals surface area contributed by atoms with Gasteiger partial charge in [0.15, 0.2) is 0 Å². The van der Waals surface area contributed by atoms with Crippen LogP contribution in [0.4, 0.5) is 0 Å². The van der Waals surface area contributed by atoms with E-state index >= 15 is 0 Å². The van der Waals surface area contributed by atoms with Crippen molar-refractivity contribution in [3.8, 4) is 0 Å².